The fourth-order valence-corrected chi connectivity index (χ4v) is 2.04. The number of hydrogen-bond acceptors (Lipinski definition) is 4. The van der Waals surface area contributed by atoms with Crippen molar-refractivity contribution in [3.05, 3.63) is 24.8 Å². The van der Waals surface area contributed by atoms with Gasteiger partial charge in [0.1, 0.15) is 3.79 Å². The van der Waals surface area contributed by atoms with Crippen molar-refractivity contribution >= 4 is 39.2 Å². The number of nitro groups is 1. The summed E-state index contributed by atoms with van der Waals surface area (Å²) < 4.78 is 0.379. The first-order chi connectivity index (χ1) is 5.15. The Hall–Kier alpha value is -0.750. The fourth-order valence-electron chi connectivity index (χ4n) is 0.559. The van der Waals surface area contributed by atoms with Crippen molar-refractivity contribution in [3.8, 4) is 0 Å². The number of hydrogen-bond donors (Lipinski definition) is 0. The lowest BCUT2D eigenvalue weighted by atomic mass is 10.4. The van der Waals surface area contributed by atoms with Crippen LogP contribution in [-0.4, -0.2) is 11.2 Å². The Balaban J connectivity index is 3.16. The monoisotopic (exact) mass is 235 g/mol. The highest BCUT2D eigenvalue weighted by molar-refractivity contribution is 9.11. The zero-order valence-corrected chi connectivity index (χ0v) is 7.52. The molecule has 0 aliphatic carbocycles. The van der Waals surface area contributed by atoms with Gasteiger partial charge in [0, 0.05) is 6.07 Å². The van der Waals surface area contributed by atoms with Crippen molar-refractivity contribution in [3.63, 3.8) is 0 Å². The molecular formula is C5H2BrNO3S. The van der Waals surface area contributed by atoms with Crippen LogP contribution in [0.3, 0.4) is 0 Å². The van der Waals surface area contributed by atoms with Crippen molar-refractivity contribution in [2.75, 3.05) is 0 Å². The number of nitrogens with zero attached hydrogens (tertiary/aromatic N) is 1. The molecule has 0 bridgehead atoms. The van der Waals surface area contributed by atoms with Crippen molar-refractivity contribution in [1.82, 2.24) is 0 Å². The van der Waals surface area contributed by atoms with Gasteiger partial charge in [0.15, 0.2) is 6.29 Å². The van der Waals surface area contributed by atoms with Gasteiger partial charge in [-0.25, -0.2) is 0 Å². The molecule has 58 valence electrons. The fraction of sp³-hybridized carbons (Fsp3) is 0. The molecule has 0 fully saturated rings. The summed E-state index contributed by atoms with van der Waals surface area (Å²) in [7, 11) is 0. The summed E-state index contributed by atoms with van der Waals surface area (Å²) >= 11 is 4.03. The van der Waals surface area contributed by atoms with E-state index in [2.05, 4.69) is 15.9 Å². The van der Waals surface area contributed by atoms with Gasteiger partial charge in [0.25, 0.3) is 5.69 Å². The van der Waals surface area contributed by atoms with E-state index < -0.39 is 4.92 Å². The van der Waals surface area contributed by atoms with E-state index in [0.717, 1.165) is 11.3 Å². The summed E-state index contributed by atoms with van der Waals surface area (Å²) in [6, 6.07) is 1.24. The van der Waals surface area contributed by atoms with Gasteiger partial charge in [-0.15, -0.1) is 11.3 Å². The summed E-state index contributed by atoms with van der Waals surface area (Å²) in [6.45, 7) is 0. The van der Waals surface area contributed by atoms with Crippen molar-refractivity contribution in [2.45, 2.75) is 0 Å². The number of aldehydes is 1. The molecule has 0 aliphatic rings. The lowest BCUT2D eigenvalue weighted by Crippen LogP contribution is -1.84. The van der Waals surface area contributed by atoms with E-state index in [0.29, 0.717) is 14.9 Å². The standard InChI is InChI=1S/C5H2BrNO3S/c6-5-4(7(9)10)1-3(2-8)11-5/h1-2H. The quantitative estimate of drug-likeness (QED) is 0.449. The largest absolute Gasteiger partial charge is 0.297 e. The zero-order valence-electron chi connectivity index (χ0n) is 5.11. The molecule has 0 saturated carbocycles. The smallest absolute Gasteiger partial charge is 0.295 e. The van der Waals surface area contributed by atoms with Gasteiger partial charge in [-0.3, -0.25) is 14.9 Å². The second kappa shape index (κ2) is 3.10. The summed E-state index contributed by atoms with van der Waals surface area (Å²) in [6.07, 6.45) is 0.586. The first-order valence-electron chi connectivity index (χ1n) is 2.54. The molecule has 11 heavy (non-hydrogen) atoms. The van der Waals surface area contributed by atoms with Crippen LogP contribution in [0.5, 0.6) is 0 Å². The summed E-state index contributed by atoms with van der Waals surface area (Å²) in [5, 5.41) is 10.2. The third kappa shape index (κ3) is 1.63. The first-order valence-corrected chi connectivity index (χ1v) is 4.15. The molecule has 4 nitrogen and oxygen atoms in total. The van der Waals surface area contributed by atoms with Gasteiger partial charge < -0.3 is 0 Å². The van der Waals surface area contributed by atoms with Crippen molar-refractivity contribution < 1.29 is 9.72 Å². The summed E-state index contributed by atoms with van der Waals surface area (Å²) in [4.78, 5) is 20.2. The number of carbonyl (C=O) groups excluding carboxylic acids is 1. The molecule has 1 heterocycles. The predicted octanol–water partition coefficient (Wildman–Crippen LogP) is 2.23. The summed E-state index contributed by atoms with van der Waals surface area (Å²) in [5.41, 5.74) is -0.0582. The molecule has 0 radical (unpaired) electrons. The van der Waals surface area contributed by atoms with Crippen molar-refractivity contribution in [2.24, 2.45) is 0 Å². The van der Waals surface area contributed by atoms with Gasteiger partial charge in [0.2, 0.25) is 0 Å². The predicted molar refractivity (Wildman–Crippen MR) is 44.1 cm³/mol. The molecule has 1 aromatic heterocycles. The number of thiophene rings is 1. The van der Waals surface area contributed by atoms with Gasteiger partial charge in [-0.2, -0.15) is 0 Å². The SMILES string of the molecule is O=Cc1cc([N+](=O)[O-])c(Br)s1. The second-order valence-electron chi connectivity index (χ2n) is 1.68. The van der Waals surface area contributed by atoms with Gasteiger partial charge in [-0.1, -0.05) is 0 Å². The molecule has 0 unspecified atom stereocenters. The van der Waals surface area contributed by atoms with Crippen LogP contribution in [0.2, 0.25) is 0 Å². The number of halogens is 1. The number of carbonyl (C=O) groups is 1. The molecule has 0 spiro atoms. The zero-order chi connectivity index (χ0) is 8.43. The van der Waals surface area contributed by atoms with Crippen LogP contribution in [0, 0.1) is 10.1 Å². The molecule has 0 N–H and O–H groups in total. The van der Waals surface area contributed by atoms with Crippen molar-refractivity contribution in [1.29, 1.82) is 0 Å². The van der Waals surface area contributed by atoms with E-state index in [1.54, 1.807) is 0 Å². The molecule has 6 heteroatoms. The average molecular weight is 236 g/mol. The highest BCUT2D eigenvalue weighted by atomic mass is 79.9. The maximum absolute atomic E-state index is 10.2. The van der Waals surface area contributed by atoms with Crippen LogP contribution in [-0.2, 0) is 0 Å². The molecule has 0 amide bonds. The Kier molecular flexibility index (Phi) is 2.35. The van der Waals surface area contributed by atoms with E-state index >= 15 is 0 Å². The van der Waals surface area contributed by atoms with E-state index in [1.807, 2.05) is 0 Å². The van der Waals surface area contributed by atoms with E-state index in [1.165, 1.54) is 6.07 Å². The van der Waals surface area contributed by atoms with E-state index in [-0.39, 0.29) is 5.69 Å². The molecule has 0 saturated heterocycles. The van der Waals surface area contributed by atoms with Gasteiger partial charge >= 0.3 is 0 Å². The average Bonchev–Trinajstić information content (AvgIpc) is 2.30. The Morgan fingerprint density at radius 3 is 2.64 bits per heavy atom. The molecule has 1 rings (SSSR count). The van der Waals surface area contributed by atoms with Crippen LogP contribution in [0.15, 0.2) is 9.85 Å². The highest BCUT2D eigenvalue weighted by Crippen LogP contribution is 2.32. The second-order valence-corrected chi connectivity index (χ2v) is 4.08. The molecule has 1 aromatic rings. The van der Waals surface area contributed by atoms with Crippen LogP contribution in [0.4, 0.5) is 5.69 Å². The minimum absolute atomic E-state index is 0.0582. The van der Waals surface area contributed by atoms with Crippen LogP contribution in [0.25, 0.3) is 0 Å². The normalized spacial score (nSPS) is 9.55. The lowest BCUT2D eigenvalue weighted by molar-refractivity contribution is -0.385. The number of rotatable bonds is 2. The summed E-state index contributed by atoms with van der Waals surface area (Å²) in [5.74, 6) is 0. The lowest BCUT2D eigenvalue weighted by Gasteiger charge is -1.82. The van der Waals surface area contributed by atoms with Crippen LogP contribution < -0.4 is 0 Å². The maximum Gasteiger partial charge on any atom is 0.295 e. The minimum Gasteiger partial charge on any atom is -0.297 e. The Morgan fingerprint density at radius 2 is 2.36 bits per heavy atom. The first kappa shape index (κ1) is 8.35. The van der Waals surface area contributed by atoms with Crippen LogP contribution >= 0.6 is 27.3 Å². The Morgan fingerprint density at radius 1 is 1.73 bits per heavy atom. The van der Waals surface area contributed by atoms with E-state index in [4.69, 9.17) is 0 Å². The third-order valence-corrected chi connectivity index (χ3v) is 2.73. The van der Waals surface area contributed by atoms with Crippen LogP contribution in [0.1, 0.15) is 9.67 Å². The third-order valence-electron chi connectivity index (χ3n) is 1.00. The molecular weight excluding hydrogens is 234 g/mol. The Labute approximate surface area is 74.1 Å². The minimum atomic E-state index is -0.534. The highest BCUT2D eigenvalue weighted by Gasteiger charge is 2.15. The molecule has 0 aliphatic heterocycles. The topological polar surface area (TPSA) is 60.2 Å². The van der Waals surface area contributed by atoms with Gasteiger partial charge in [-0.05, 0) is 15.9 Å². The maximum atomic E-state index is 10.2. The van der Waals surface area contributed by atoms with E-state index in [9.17, 15) is 14.9 Å². The van der Waals surface area contributed by atoms with Gasteiger partial charge in [0.05, 0.1) is 9.80 Å². The Bertz CT molecular complexity index is 309. The molecule has 0 atom stereocenters. The molecule has 0 aromatic carbocycles.